The third-order valence-electron chi connectivity index (χ3n) is 2.09. The van der Waals surface area contributed by atoms with Crippen molar-refractivity contribution in [1.82, 2.24) is 5.32 Å². The van der Waals surface area contributed by atoms with Crippen molar-refractivity contribution < 1.29 is 24.4 Å². The van der Waals surface area contributed by atoms with Crippen molar-refractivity contribution in [3.8, 4) is 0 Å². The van der Waals surface area contributed by atoms with Crippen LogP contribution in [0.25, 0.3) is 0 Å². The molecule has 0 unspecified atom stereocenters. The zero-order chi connectivity index (χ0) is 17.7. The Morgan fingerprint density at radius 2 is 2.04 bits per heavy atom. The van der Waals surface area contributed by atoms with Gasteiger partial charge in [-0.3, -0.25) is 4.99 Å². The van der Waals surface area contributed by atoms with Gasteiger partial charge < -0.3 is 20.0 Å². The van der Waals surface area contributed by atoms with E-state index in [1.54, 1.807) is 35.3 Å². The molecule has 0 heterocycles. The quantitative estimate of drug-likeness (QED) is 0.0921. The SMILES string of the molecule is CSCOC(=O)NCCSCSCCN=COOCCSCCO. The first kappa shape index (κ1) is 24.1. The number of rotatable bonds is 17. The van der Waals surface area contributed by atoms with Gasteiger partial charge in [0.05, 0.1) is 13.2 Å². The standard InChI is InChI=1S/C13H26N2O5S4/c1-21-11-18-13(17)15-3-7-24-12-23-6-2-14-10-20-19-5-9-22-8-4-16/h10,16H,2-9,11-12H2,1H3,(H,15,17). The molecule has 7 nitrogen and oxygen atoms in total. The van der Waals surface area contributed by atoms with Crippen LogP contribution in [0.15, 0.2) is 4.99 Å². The van der Waals surface area contributed by atoms with Gasteiger partial charge in [0.15, 0.2) is 0 Å². The highest BCUT2D eigenvalue weighted by Crippen LogP contribution is 2.10. The van der Waals surface area contributed by atoms with Crippen molar-refractivity contribution >= 4 is 59.5 Å². The number of nitrogens with zero attached hydrogens (tertiary/aromatic N) is 1. The van der Waals surface area contributed by atoms with E-state index in [1.165, 1.54) is 18.2 Å². The molecule has 24 heavy (non-hydrogen) atoms. The molecule has 142 valence electrons. The Hall–Kier alpha value is 0.0600. The third kappa shape index (κ3) is 20.1. The van der Waals surface area contributed by atoms with Gasteiger partial charge in [-0.25, -0.2) is 4.79 Å². The second-order valence-corrected chi connectivity index (χ2v) is 8.58. The predicted octanol–water partition coefficient (Wildman–Crippen LogP) is 2.16. The molecule has 0 saturated carbocycles. The lowest BCUT2D eigenvalue weighted by Gasteiger charge is -2.05. The van der Waals surface area contributed by atoms with Gasteiger partial charge in [-0.2, -0.15) is 16.6 Å². The number of amides is 1. The van der Waals surface area contributed by atoms with Crippen LogP contribution < -0.4 is 5.32 Å². The minimum absolute atomic E-state index is 0.185. The van der Waals surface area contributed by atoms with Gasteiger partial charge in [-0.05, 0) is 6.26 Å². The van der Waals surface area contributed by atoms with Crippen molar-refractivity contribution in [3.05, 3.63) is 0 Å². The Bertz CT molecular complexity index is 314. The topological polar surface area (TPSA) is 89.4 Å². The first-order valence-electron chi connectivity index (χ1n) is 7.31. The Morgan fingerprint density at radius 3 is 2.83 bits per heavy atom. The summed E-state index contributed by atoms with van der Waals surface area (Å²) in [7, 11) is 0. The molecule has 11 heteroatoms. The lowest BCUT2D eigenvalue weighted by molar-refractivity contribution is -0.210. The molecule has 0 aliphatic rings. The van der Waals surface area contributed by atoms with E-state index in [0.29, 0.717) is 31.4 Å². The van der Waals surface area contributed by atoms with Crippen molar-refractivity contribution in [3.63, 3.8) is 0 Å². The van der Waals surface area contributed by atoms with E-state index in [0.717, 1.165) is 22.3 Å². The summed E-state index contributed by atoms with van der Waals surface area (Å²) in [6, 6.07) is 0. The molecule has 0 radical (unpaired) electrons. The summed E-state index contributed by atoms with van der Waals surface area (Å²) < 4.78 is 4.86. The first-order valence-corrected chi connectivity index (χ1v) is 12.2. The number of carbonyl (C=O) groups excluding carboxylic acids is 1. The largest absolute Gasteiger partial charge is 0.439 e. The predicted molar refractivity (Wildman–Crippen MR) is 107 cm³/mol. The fourth-order valence-electron chi connectivity index (χ4n) is 1.10. The number of alkyl carbamates (subject to hydrolysis) is 1. The normalized spacial score (nSPS) is 10.9. The summed E-state index contributed by atoms with van der Waals surface area (Å²) in [5.41, 5.74) is 0. The molecule has 0 aromatic heterocycles. The first-order chi connectivity index (χ1) is 11.8. The molecule has 1 amide bonds. The molecule has 2 N–H and O–H groups in total. The number of aliphatic hydroxyl groups excluding tert-OH is 1. The van der Waals surface area contributed by atoms with E-state index >= 15 is 0 Å². The molecule has 0 aliphatic heterocycles. The zero-order valence-corrected chi connectivity index (χ0v) is 17.1. The number of ether oxygens (including phenoxy) is 1. The molecule has 0 bridgehead atoms. The van der Waals surface area contributed by atoms with Crippen LogP contribution in [0, 0.1) is 0 Å². The summed E-state index contributed by atoms with van der Waals surface area (Å²) >= 11 is 6.61. The molecule has 0 spiro atoms. The maximum Gasteiger partial charge on any atom is 0.407 e. The van der Waals surface area contributed by atoms with E-state index in [-0.39, 0.29) is 12.7 Å². The summed E-state index contributed by atoms with van der Waals surface area (Å²) in [6.07, 6.45) is 2.83. The molecule has 0 aromatic carbocycles. The van der Waals surface area contributed by atoms with Crippen LogP contribution in [-0.2, 0) is 14.5 Å². The molecular weight excluding hydrogens is 392 g/mol. The van der Waals surface area contributed by atoms with E-state index in [1.807, 2.05) is 6.26 Å². The van der Waals surface area contributed by atoms with Gasteiger partial charge in [-0.1, -0.05) is 0 Å². The van der Waals surface area contributed by atoms with Crippen molar-refractivity contribution in [1.29, 1.82) is 0 Å². The lowest BCUT2D eigenvalue weighted by atomic mass is 10.7. The highest BCUT2D eigenvalue weighted by atomic mass is 32.2. The fraction of sp³-hybridized carbons (Fsp3) is 0.846. The Balaban J connectivity index is 3.14. The van der Waals surface area contributed by atoms with Crippen LogP contribution in [0.2, 0.25) is 0 Å². The van der Waals surface area contributed by atoms with Crippen LogP contribution in [-0.4, -0.2) is 84.2 Å². The van der Waals surface area contributed by atoms with Gasteiger partial charge in [0.25, 0.3) is 0 Å². The summed E-state index contributed by atoms with van der Waals surface area (Å²) in [6.45, 7) is 1.94. The number of hydrogen-bond donors (Lipinski definition) is 2. The number of hydrogen-bond acceptors (Lipinski definition) is 10. The number of aliphatic imine (C=N–C) groups is 1. The second kappa shape index (κ2) is 21.1. The van der Waals surface area contributed by atoms with Gasteiger partial charge in [-0.15, -0.1) is 35.3 Å². The van der Waals surface area contributed by atoms with Gasteiger partial charge in [0.2, 0.25) is 6.40 Å². The molecule has 0 saturated heterocycles. The minimum atomic E-state index is -0.360. The average Bonchev–Trinajstić information content (AvgIpc) is 2.59. The van der Waals surface area contributed by atoms with Crippen LogP contribution in [0.3, 0.4) is 0 Å². The van der Waals surface area contributed by atoms with Crippen molar-refractivity contribution in [2.75, 3.05) is 66.6 Å². The monoisotopic (exact) mass is 418 g/mol. The smallest absolute Gasteiger partial charge is 0.407 e. The number of nitrogens with one attached hydrogen (secondary N) is 1. The number of aliphatic hydroxyl groups is 1. The summed E-state index contributed by atoms with van der Waals surface area (Å²) in [5.74, 6) is 3.64. The van der Waals surface area contributed by atoms with Crippen LogP contribution in [0.5, 0.6) is 0 Å². The number of carbonyl (C=O) groups is 1. The van der Waals surface area contributed by atoms with Gasteiger partial charge in [0.1, 0.15) is 12.5 Å². The fourth-order valence-corrected chi connectivity index (χ4v) is 3.74. The molecule has 0 fully saturated rings. The van der Waals surface area contributed by atoms with Gasteiger partial charge >= 0.3 is 6.09 Å². The molecule has 0 aliphatic carbocycles. The molecule has 0 rings (SSSR count). The molecule has 0 atom stereocenters. The summed E-state index contributed by atoms with van der Waals surface area (Å²) in [5, 5.41) is 12.2. The minimum Gasteiger partial charge on any atom is -0.439 e. The highest BCUT2D eigenvalue weighted by molar-refractivity contribution is 8.16. The Kier molecular flexibility index (Phi) is 21.2. The van der Waals surface area contributed by atoms with E-state index < -0.39 is 0 Å². The van der Waals surface area contributed by atoms with Crippen LogP contribution in [0.1, 0.15) is 0 Å². The third-order valence-corrected chi connectivity index (χ3v) is 5.66. The lowest BCUT2D eigenvalue weighted by Crippen LogP contribution is -2.26. The Morgan fingerprint density at radius 1 is 1.21 bits per heavy atom. The van der Waals surface area contributed by atoms with Crippen molar-refractivity contribution in [2.45, 2.75) is 0 Å². The van der Waals surface area contributed by atoms with E-state index in [9.17, 15) is 4.79 Å². The molecule has 0 aromatic rings. The van der Waals surface area contributed by atoms with Crippen LogP contribution in [0.4, 0.5) is 4.79 Å². The van der Waals surface area contributed by atoms with Gasteiger partial charge in [0, 0.05) is 34.6 Å². The number of thioether (sulfide) groups is 4. The molecular formula is C13H26N2O5S4. The van der Waals surface area contributed by atoms with E-state index in [2.05, 4.69) is 10.3 Å². The highest BCUT2D eigenvalue weighted by Gasteiger charge is 1.99. The average molecular weight is 419 g/mol. The second-order valence-electron chi connectivity index (χ2n) is 3.97. The van der Waals surface area contributed by atoms with Crippen molar-refractivity contribution in [2.24, 2.45) is 4.99 Å². The summed E-state index contributed by atoms with van der Waals surface area (Å²) in [4.78, 5) is 24.9. The zero-order valence-electron chi connectivity index (χ0n) is 13.8. The maximum absolute atomic E-state index is 11.1. The Labute approximate surface area is 160 Å². The maximum atomic E-state index is 11.1. The van der Waals surface area contributed by atoms with E-state index in [4.69, 9.17) is 19.6 Å². The van der Waals surface area contributed by atoms with Crippen LogP contribution >= 0.6 is 47.0 Å².